The second-order valence-electron chi connectivity index (χ2n) is 3.50. The highest BCUT2D eigenvalue weighted by atomic mass is 32.2. The predicted molar refractivity (Wildman–Crippen MR) is 67.0 cm³/mol. The van der Waals surface area contributed by atoms with Gasteiger partial charge >= 0.3 is 5.97 Å². The van der Waals surface area contributed by atoms with Gasteiger partial charge in [-0.3, -0.25) is 9.59 Å². The molecule has 0 saturated carbocycles. The van der Waals surface area contributed by atoms with Gasteiger partial charge in [0.1, 0.15) is 6.54 Å². The lowest BCUT2D eigenvalue weighted by Crippen LogP contribution is -2.30. The summed E-state index contributed by atoms with van der Waals surface area (Å²) in [5, 5.41) is 2.42. The molecule has 0 atom stereocenters. The Morgan fingerprint density at radius 2 is 1.79 bits per heavy atom. The maximum Gasteiger partial charge on any atom is 0.320 e. The van der Waals surface area contributed by atoms with Gasteiger partial charge in [-0.05, 0) is 24.3 Å². The van der Waals surface area contributed by atoms with Gasteiger partial charge in [0.15, 0.2) is 0 Å². The fourth-order valence-electron chi connectivity index (χ4n) is 1.24. The normalized spacial score (nSPS) is 10.8. The first kappa shape index (κ1) is 15.1. The molecular formula is C11H14N2O5S. The van der Waals surface area contributed by atoms with Crippen molar-refractivity contribution >= 4 is 21.9 Å². The lowest BCUT2D eigenvalue weighted by molar-refractivity contribution is -0.139. The number of nitrogens with one attached hydrogen (secondary N) is 2. The fourth-order valence-corrected chi connectivity index (χ4v) is 2.21. The second-order valence-corrected chi connectivity index (χ2v) is 5.27. The number of benzene rings is 1. The quantitative estimate of drug-likeness (QED) is 0.710. The summed E-state index contributed by atoms with van der Waals surface area (Å²) in [5.41, 5.74) is 0.342. The minimum atomic E-state index is -3.80. The van der Waals surface area contributed by atoms with Crippen LogP contribution in [-0.2, 0) is 19.6 Å². The number of hydrogen-bond donors (Lipinski definition) is 2. The van der Waals surface area contributed by atoms with Crippen LogP contribution < -0.4 is 10.0 Å². The molecular weight excluding hydrogens is 272 g/mol. The van der Waals surface area contributed by atoms with Crippen LogP contribution in [0.4, 0.5) is 0 Å². The molecule has 0 radical (unpaired) electrons. The van der Waals surface area contributed by atoms with Gasteiger partial charge in [0, 0.05) is 12.6 Å². The minimum Gasteiger partial charge on any atom is -0.468 e. The summed E-state index contributed by atoms with van der Waals surface area (Å²) < 4.78 is 30.0. The van der Waals surface area contributed by atoms with Crippen LogP contribution in [0.3, 0.4) is 0 Å². The monoisotopic (exact) mass is 286 g/mol. The minimum absolute atomic E-state index is 0.0379. The van der Waals surface area contributed by atoms with E-state index >= 15 is 0 Å². The zero-order valence-corrected chi connectivity index (χ0v) is 11.3. The molecule has 0 saturated heterocycles. The Bertz CT molecular complexity index is 565. The molecule has 1 aromatic rings. The molecule has 7 nitrogen and oxygen atoms in total. The van der Waals surface area contributed by atoms with Crippen LogP contribution in [-0.4, -0.2) is 41.0 Å². The Morgan fingerprint density at radius 3 is 2.26 bits per heavy atom. The number of rotatable bonds is 5. The molecule has 0 heterocycles. The van der Waals surface area contributed by atoms with Crippen LogP contribution in [0, 0.1) is 0 Å². The SMILES string of the molecule is CNC(=O)c1ccc(S(=O)(=O)NCC(=O)OC)cc1. The number of carbonyl (C=O) groups is 2. The topological polar surface area (TPSA) is 102 Å². The number of carbonyl (C=O) groups excluding carboxylic acids is 2. The summed E-state index contributed by atoms with van der Waals surface area (Å²) in [7, 11) is -1.16. The van der Waals surface area contributed by atoms with Crippen molar-refractivity contribution in [2.24, 2.45) is 0 Å². The summed E-state index contributed by atoms with van der Waals surface area (Å²) in [5.74, 6) is -1.00. The van der Waals surface area contributed by atoms with Crippen molar-refractivity contribution < 1.29 is 22.7 Å². The van der Waals surface area contributed by atoms with Crippen molar-refractivity contribution in [3.8, 4) is 0 Å². The number of esters is 1. The highest BCUT2D eigenvalue weighted by Crippen LogP contribution is 2.10. The van der Waals surface area contributed by atoms with Crippen molar-refractivity contribution in [2.45, 2.75) is 4.90 Å². The first-order valence-electron chi connectivity index (χ1n) is 5.29. The van der Waals surface area contributed by atoms with Crippen molar-refractivity contribution in [1.82, 2.24) is 10.0 Å². The van der Waals surface area contributed by atoms with E-state index in [4.69, 9.17) is 0 Å². The summed E-state index contributed by atoms with van der Waals surface area (Å²) in [4.78, 5) is 22.1. The van der Waals surface area contributed by atoms with E-state index in [1.54, 1.807) is 0 Å². The molecule has 8 heteroatoms. The van der Waals surface area contributed by atoms with Crippen molar-refractivity contribution in [1.29, 1.82) is 0 Å². The molecule has 0 bridgehead atoms. The largest absolute Gasteiger partial charge is 0.468 e. The van der Waals surface area contributed by atoms with E-state index in [0.717, 1.165) is 7.11 Å². The molecule has 0 aliphatic carbocycles. The molecule has 1 aromatic carbocycles. The van der Waals surface area contributed by atoms with Gasteiger partial charge in [-0.15, -0.1) is 0 Å². The molecule has 1 amide bonds. The third kappa shape index (κ3) is 4.04. The standard InChI is InChI=1S/C11H14N2O5S/c1-12-11(15)8-3-5-9(6-4-8)19(16,17)13-7-10(14)18-2/h3-6,13H,7H2,1-2H3,(H,12,15). The van der Waals surface area contributed by atoms with Crippen LogP contribution in [0.15, 0.2) is 29.2 Å². The summed E-state index contributed by atoms with van der Waals surface area (Å²) in [6.07, 6.45) is 0. The van der Waals surface area contributed by atoms with E-state index in [1.807, 2.05) is 0 Å². The van der Waals surface area contributed by atoms with E-state index in [0.29, 0.717) is 5.56 Å². The maximum atomic E-state index is 11.8. The molecule has 0 unspecified atom stereocenters. The summed E-state index contributed by atoms with van der Waals surface area (Å²) in [6.45, 7) is -0.448. The first-order valence-corrected chi connectivity index (χ1v) is 6.77. The van der Waals surface area contributed by atoms with Crippen molar-refractivity contribution in [2.75, 3.05) is 20.7 Å². The Kier molecular flexibility index (Phi) is 5.02. The van der Waals surface area contributed by atoms with Gasteiger partial charge in [-0.2, -0.15) is 4.72 Å². The van der Waals surface area contributed by atoms with Gasteiger partial charge in [0.05, 0.1) is 12.0 Å². The van der Waals surface area contributed by atoms with Gasteiger partial charge in [-0.25, -0.2) is 8.42 Å². The van der Waals surface area contributed by atoms with Gasteiger partial charge in [0.25, 0.3) is 5.91 Å². The van der Waals surface area contributed by atoms with Crippen molar-refractivity contribution in [3.63, 3.8) is 0 Å². The lowest BCUT2D eigenvalue weighted by Gasteiger charge is -2.06. The fraction of sp³-hybridized carbons (Fsp3) is 0.273. The molecule has 0 fully saturated rings. The average Bonchev–Trinajstić information content (AvgIpc) is 2.44. The first-order chi connectivity index (χ1) is 8.90. The zero-order valence-electron chi connectivity index (χ0n) is 10.5. The van der Waals surface area contributed by atoms with Crippen LogP contribution in [0.2, 0.25) is 0 Å². The van der Waals surface area contributed by atoms with E-state index in [-0.39, 0.29) is 10.8 Å². The van der Waals surface area contributed by atoms with Crippen LogP contribution in [0.5, 0.6) is 0 Å². The van der Waals surface area contributed by atoms with E-state index in [9.17, 15) is 18.0 Å². The van der Waals surface area contributed by atoms with Crippen LogP contribution in [0.1, 0.15) is 10.4 Å². The maximum absolute atomic E-state index is 11.8. The Hall–Kier alpha value is -1.93. The number of methoxy groups -OCH3 is 1. The second kappa shape index (κ2) is 6.30. The molecule has 19 heavy (non-hydrogen) atoms. The van der Waals surface area contributed by atoms with Gasteiger partial charge in [0.2, 0.25) is 10.0 Å². The third-order valence-corrected chi connectivity index (χ3v) is 3.71. The van der Waals surface area contributed by atoms with Gasteiger partial charge < -0.3 is 10.1 Å². The Labute approximate surface area is 111 Å². The predicted octanol–water partition coefficient (Wildman–Crippen LogP) is -0.502. The summed E-state index contributed by atoms with van der Waals surface area (Å²) >= 11 is 0. The van der Waals surface area contributed by atoms with Gasteiger partial charge in [-0.1, -0.05) is 0 Å². The zero-order chi connectivity index (χ0) is 14.5. The van der Waals surface area contributed by atoms with E-state index < -0.39 is 22.5 Å². The highest BCUT2D eigenvalue weighted by Gasteiger charge is 2.16. The molecule has 1 rings (SSSR count). The number of sulfonamides is 1. The van der Waals surface area contributed by atoms with Crippen LogP contribution >= 0.6 is 0 Å². The number of hydrogen-bond acceptors (Lipinski definition) is 5. The molecule has 104 valence electrons. The van der Waals surface area contributed by atoms with E-state index in [1.165, 1.54) is 31.3 Å². The summed E-state index contributed by atoms with van der Waals surface area (Å²) in [6, 6.07) is 5.32. The molecule has 0 spiro atoms. The Morgan fingerprint density at radius 1 is 1.21 bits per heavy atom. The molecule has 2 N–H and O–H groups in total. The average molecular weight is 286 g/mol. The lowest BCUT2D eigenvalue weighted by atomic mass is 10.2. The number of ether oxygens (including phenoxy) is 1. The smallest absolute Gasteiger partial charge is 0.320 e. The molecule has 0 aromatic heterocycles. The molecule has 0 aliphatic rings. The van der Waals surface area contributed by atoms with Crippen LogP contribution in [0.25, 0.3) is 0 Å². The molecule has 0 aliphatic heterocycles. The highest BCUT2D eigenvalue weighted by molar-refractivity contribution is 7.89. The number of amides is 1. The Balaban J connectivity index is 2.85. The third-order valence-electron chi connectivity index (χ3n) is 2.29. The van der Waals surface area contributed by atoms with E-state index in [2.05, 4.69) is 14.8 Å². The van der Waals surface area contributed by atoms with Crippen molar-refractivity contribution in [3.05, 3.63) is 29.8 Å².